The Balaban J connectivity index is 0.00000196. The van der Waals surface area contributed by atoms with Gasteiger partial charge in [0.2, 0.25) is 6.33 Å². The van der Waals surface area contributed by atoms with Crippen LogP contribution in [0.4, 0.5) is 0 Å². The predicted molar refractivity (Wildman–Crippen MR) is 66.2 cm³/mol. The van der Waals surface area contributed by atoms with Crippen LogP contribution in [0.15, 0.2) is 31.4 Å². The molecule has 0 bridgehead atoms. The fourth-order valence-electron chi connectivity index (χ4n) is 1.55. The Hall–Kier alpha value is -0.760. The van der Waals surface area contributed by atoms with E-state index in [0.29, 0.717) is 0 Å². The second-order valence-electron chi connectivity index (χ2n) is 3.70. The average Bonchev–Trinajstić information content (AvgIpc) is 2.61. The number of imidazole rings is 1. The van der Waals surface area contributed by atoms with Gasteiger partial charge in [-0.2, -0.15) is 0 Å². The Kier molecular flexibility index (Phi) is 8.11. The van der Waals surface area contributed by atoms with Crippen molar-refractivity contribution in [2.24, 2.45) is 0 Å². The molecule has 0 saturated carbocycles. The number of hydrogen-bond donors (Lipinski definition) is 0. The highest BCUT2D eigenvalue weighted by Gasteiger charge is 2.00. The van der Waals surface area contributed by atoms with Crippen LogP contribution < -0.4 is 4.57 Å². The first kappa shape index (κ1) is 14.2. The lowest BCUT2D eigenvalue weighted by Gasteiger charge is -1.95. The van der Waals surface area contributed by atoms with Gasteiger partial charge in [0.15, 0.2) is 0 Å². The van der Waals surface area contributed by atoms with E-state index < -0.39 is 0 Å². The summed E-state index contributed by atoms with van der Waals surface area (Å²) in [6.45, 7) is 8.01. The summed E-state index contributed by atoms with van der Waals surface area (Å²) >= 11 is 0. The lowest BCUT2D eigenvalue weighted by atomic mass is 10.2. The topological polar surface area (TPSA) is 8.81 Å². The minimum atomic E-state index is 0. The molecule has 0 N–H and O–H groups in total. The Labute approximate surface area is 99.0 Å². The van der Waals surface area contributed by atoms with Crippen LogP contribution in [0, 0.1) is 0 Å². The van der Waals surface area contributed by atoms with Gasteiger partial charge in [-0.25, -0.2) is 9.13 Å². The number of halogens is 1. The molecule has 0 atom stereocenters. The van der Waals surface area contributed by atoms with Gasteiger partial charge >= 0.3 is 0 Å². The second kappa shape index (κ2) is 8.54. The summed E-state index contributed by atoms with van der Waals surface area (Å²) in [7, 11) is 0. The molecule has 2 nitrogen and oxygen atoms in total. The van der Waals surface area contributed by atoms with Crippen LogP contribution in [0.3, 0.4) is 0 Å². The van der Waals surface area contributed by atoms with Crippen LogP contribution in [0.5, 0.6) is 0 Å². The fourth-order valence-corrected chi connectivity index (χ4v) is 1.55. The molecule has 1 aromatic heterocycles. The van der Waals surface area contributed by atoms with E-state index in [1.54, 1.807) is 0 Å². The summed E-state index contributed by atoms with van der Waals surface area (Å²) in [6, 6.07) is 0. The van der Waals surface area contributed by atoms with Gasteiger partial charge in [0.25, 0.3) is 0 Å². The molecule has 3 heteroatoms. The molecule has 0 aliphatic heterocycles. The van der Waals surface area contributed by atoms with E-state index >= 15 is 0 Å². The second-order valence-corrected chi connectivity index (χ2v) is 3.70. The monoisotopic (exact) mass is 229 g/mol. The van der Waals surface area contributed by atoms with Gasteiger partial charge < -0.3 is 0 Å². The first-order valence-corrected chi connectivity index (χ1v) is 5.52. The molecule has 0 aliphatic carbocycles. The normalized spacial score (nSPS) is 9.67. The molecule has 0 aromatic carbocycles. The molecule has 0 aliphatic rings. The SMILES string of the molecule is C=CC[n+]1ccn(CCCCCC)c1.Cl. The van der Waals surface area contributed by atoms with Crippen LogP contribution in [0.25, 0.3) is 0 Å². The van der Waals surface area contributed by atoms with Crippen molar-refractivity contribution in [1.29, 1.82) is 0 Å². The van der Waals surface area contributed by atoms with E-state index in [4.69, 9.17) is 0 Å². The minimum Gasteiger partial charge on any atom is -0.237 e. The quantitative estimate of drug-likeness (QED) is 0.386. The van der Waals surface area contributed by atoms with Crippen LogP contribution >= 0.6 is 12.4 Å². The average molecular weight is 230 g/mol. The van der Waals surface area contributed by atoms with Crippen molar-refractivity contribution < 1.29 is 4.57 Å². The molecule has 1 heterocycles. The maximum atomic E-state index is 3.72. The van der Waals surface area contributed by atoms with Gasteiger partial charge in [-0.3, -0.25) is 0 Å². The van der Waals surface area contributed by atoms with Crippen molar-refractivity contribution >= 4 is 12.4 Å². The molecular formula is C12H22ClN2+. The summed E-state index contributed by atoms with van der Waals surface area (Å²) in [6.07, 6.45) is 13.6. The van der Waals surface area contributed by atoms with Gasteiger partial charge in [-0.15, -0.1) is 12.4 Å². The summed E-state index contributed by atoms with van der Waals surface area (Å²) in [5.41, 5.74) is 0. The highest BCUT2D eigenvalue weighted by Crippen LogP contribution is 2.00. The zero-order valence-corrected chi connectivity index (χ0v) is 10.4. The number of unbranched alkanes of at least 4 members (excludes halogenated alkanes) is 3. The molecule has 0 unspecified atom stereocenters. The van der Waals surface area contributed by atoms with Crippen molar-refractivity contribution in [2.45, 2.75) is 45.7 Å². The zero-order valence-electron chi connectivity index (χ0n) is 9.56. The first-order chi connectivity index (χ1) is 6.86. The van der Waals surface area contributed by atoms with Crippen molar-refractivity contribution in [3.05, 3.63) is 31.4 Å². The van der Waals surface area contributed by atoms with Gasteiger partial charge in [0.05, 0.1) is 6.54 Å². The molecule has 0 saturated heterocycles. The third-order valence-corrected chi connectivity index (χ3v) is 2.36. The minimum absolute atomic E-state index is 0. The smallest absolute Gasteiger partial charge is 0.237 e. The molecule has 0 fully saturated rings. The molecule has 1 rings (SSSR count). The van der Waals surface area contributed by atoms with E-state index in [1.165, 1.54) is 25.7 Å². The van der Waals surface area contributed by atoms with E-state index in [0.717, 1.165) is 13.1 Å². The molecule has 15 heavy (non-hydrogen) atoms. The highest BCUT2D eigenvalue weighted by molar-refractivity contribution is 5.85. The number of nitrogens with zero attached hydrogens (tertiary/aromatic N) is 2. The summed E-state index contributed by atoms with van der Waals surface area (Å²) in [5, 5.41) is 0. The maximum Gasteiger partial charge on any atom is 0.244 e. The third-order valence-electron chi connectivity index (χ3n) is 2.36. The standard InChI is InChI=1S/C12H21N2.ClH/c1-3-5-6-7-9-14-11-10-13(12-14)8-4-2;/h4,10-12H,2-3,5-9H2,1H3;1H/q+1;. The van der Waals surface area contributed by atoms with E-state index in [2.05, 4.69) is 41.4 Å². The molecule has 0 spiro atoms. The van der Waals surface area contributed by atoms with Gasteiger partial charge in [0, 0.05) is 0 Å². The molecular weight excluding hydrogens is 208 g/mol. The van der Waals surface area contributed by atoms with E-state index in [-0.39, 0.29) is 12.4 Å². The number of hydrogen-bond acceptors (Lipinski definition) is 0. The first-order valence-electron chi connectivity index (χ1n) is 5.52. The lowest BCUT2D eigenvalue weighted by molar-refractivity contribution is -0.686. The van der Waals surface area contributed by atoms with Gasteiger partial charge in [-0.05, 0) is 12.8 Å². The van der Waals surface area contributed by atoms with E-state index in [1.807, 2.05) is 6.08 Å². The number of aromatic nitrogens is 2. The Bertz CT molecular complexity index is 268. The van der Waals surface area contributed by atoms with Crippen molar-refractivity contribution in [2.75, 3.05) is 0 Å². The van der Waals surface area contributed by atoms with E-state index in [9.17, 15) is 0 Å². The maximum absolute atomic E-state index is 3.72. The largest absolute Gasteiger partial charge is 0.244 e. The fraction of sp³-hybridized carbons (Fsp3) is 0.583. The Morgan fingerprint density at radius 2 is 2.13 bits per heavy atom. The van der Waals surface area contributed by atoms with Crippen LogP contribution in [-0.4, -0.2) is 4.57 Å². The molecule has 0 amide bonds. The highest BCUT2D eigenvalue weighted by atomic mass is 35.5. The predicted octanol–water partition coefficient (Wildman–Crippen LogP) is 2.96. The summed E-state index contributed by atoms with van der Waals surface area (Å²) in [4.78, 5) is 0. The van der Waals surface area contributed by atoms with Crippen molar-refractivity contribution in [3.8, 4) is 0 Å². The van der Waals surface area contributed by atoms with Gasteiger partial charge in [-0.1, -0.05) is 32.4 Å². The molecule has 86 valence electrons. The summed E-state index contributed by atoms with van der Waals surface area (Å²) in [5.74, 6) is 0. The number of aryl methyl sites for hydroxylation is 1. The van der Waals surface area contributed by atoms with Crippen LogP contribution in [0.1, 0.15) is 32.6 Å². The van der Waals surface area contributed by atoms with Crippen molar-refractivity contribution in [1.82, 2.24) is 4.57 Å². The third kappa shape index (κ3) is 5.63. The summed E-state index contributed by atoms with van der Waals surface area (Å²) < 4.78 is 4.39. The zero-order chi connectivity index (χ0) is 10.2. The Morgan fingerprint density at radius 3 is 2.80 bits per heavy atom. The number of rotatable bonds is 7. The Morgan fingerprint density at radius 1 is 1.33 bits per heavy atom. The molecule has 1 aromatic rings. The lowest BCUT2D eigenvalue weighted by Crippen LogP contribution is -2.29. The van der Waals surface area contributed by atoms with Crippen molar-refractivity contribution in [3.63, 3.8) is 0 Å². The number of allylic oxidation sites excluding steroid dienone is 1. The van der Waals surface area contributed by atoms with Crippen LogP contribution in [-0.2, 0) is 13.1 Å². The molecule has 0 radical (unpaired) electrons. The van der Waals surface area contributed by atoms with Gasteiger partial charge in [0.1, 0.15) is 18.9 Å². The van der Waals surface area contributed by atoms with Crippen LogP contribution in [0.2, 0.25) is 0 Å².